The second-order valence-electron chi connectivity index (χ2n) is 4.57. The molecule has 0 radical (unpaired) electrons. The molecule has 5 heteroatoms. The van der Waals surface area contributed by atoms with Crippen molar-refractivity contribution in [2.24, 2.45) is 11.7 Å². The van der Waals surface area contributed by atoms with Crippen LogP contribution in [-0.2, 0) is 0 Å². The first-order valence-corrected chi connectivity index (χ1v) is 5.86. The Balaban J connectivity index is 0.00000144. The fourth-order valence-electron chi connectivity index (χ4n) is 2.26. The van der Waals surface area contributed by atoms with E-state index < -0.39 is 0 Å². The second-order valence-corrected chi connectivity index (χ2v) is 4.57. The summed E-state index contributed by atoms with van der Waals surface area (Å²) >= 11 is 0. The average Bonchev–Trinajstić information content (AvgIpc) is 2.81. The minimum atomic E-state index is 0. The van der Waals surface area contributed by atoms with E-state index in [1.54, 1.807) is 6.20 Å². The van der Waals surface area contributed by atoms with E-state index in [0.717, 1.165) is 25.9 Å². The van der Waals surface area contributed by atoms with Crippen LogP contribution in [0, 0.1) is 5.92 Å². The first-order valence-electron chi connectivity index (χ1n) is 5.86. The summed E-state index contributed by atoms with van der Waals surface area (Å²) < 4.78 is 0. The average molecular weight is 258 g/mol. The van der Waals surface area contributed by atoms with E-state index in [4.69, 9.17) is 5.73 Å². The summed E-state index contributed by atoms with van der Waals surface area (Å²) in [6, 6.07) is 3.91. The molecular formula is C12H20ClN3O. The zero-order valence-corrected chi connectivity index (χ0v) is 10.9. The number of carbonyl (C=O) groups excluding carboxylic acids is 1. The summed E-state index contributed by atoms with van der Waals surface area (Å²) in [7, 11) is 0. The largest absolute Gasteiger partial charge is 0.357 e. The molecule has 1 amide bonds. The van der Waals surface area contributed by atoms with Gasteiger partial charge < -0.3 is 15.6 Å². The number of nitrogens with two attached hydrogens (primary N) is 1. The van der Waals surface area contributed by atoms with Crippen molar-refractivity contribution >= 4 is 18.3 Å². The first kappa shape index (κ1) is 14.1. The van der Waals surface area contributed by atoms with Gasteiger partial charge in [0.05, 0.1) is 0 Å². The van der Waals surface area contributed by atoms with Crippen LogP contribution in [0.25, 0.3) is 0 Å². The van der Waals surface area contributed by atoms with Crippen LogP contribution in [0.1, 0.15) is 30.3 Å². The van der Waals surface area contributed by atoms with Crippen molar-refractivity contribution in [1.29, 1.82) is 0 Å². The zero-order chi connectivity index (χ0) is 11.5. The number of hydrogen-bond acceptors (Lipinski definition) is 2. The molecule has 1 atom stereocenters. The lowest BCUT2D eigenvalue weighted by molar-refractivity contribution is 0.0676. The number of aromatic nitrogens is 1. The minimum absolute atomic E-state index is 0. The number of hydrogen-bond donors (Lipinski definition) is 2. The Labute approximate surface area is 108 Å². The number of aromatic amines is 1. The number of piperidine rings is 1. The van der Waals surface area contributed by atoms with E-state index in [2.05, 4.69) is 4.98 Å². The fraction of sp³-hybridized carbons (Fsp3) is 0.583. The van der Waals surface area contributed by atoms with Crippen LogP contribution in [0.4, 0.5) is 0 Å². The monoisotopic (exact) mass is 257 g/mol. The maximum atomic E-state index is 12.0. The van der Waals surface area contributed by atoms with Gasteiger partial charge in [-0.25, -0.2) is 0 Å². The van der Waals surface area contributed by atoms with Gasteiger partial charge in [-0.05, 0) is 37.8 Å². The summed E-state index contributed by atoms with van der Waals surface area (Å²) in [5.41, 5.74) is 6.55. The topological polar surface area (TPSA) is 62.1 Å². The molecule has 1 unspecified atom stereocenters. The van der Waals surface area contributed by atoms with Gasteiger partial charge in [0, 0.05) is 25.3 Å². The van der Waals surface area contributed by atoms with Crippen LogP contribution in [0.3, 0.4) is 0 Å². The molecule has 17 heavy (non-hydrogen) atoms. The van der Waals surface area contributed by atoms with Crippen molar-refractivity contribution in [3.8, 4) is 0 Å². The predicted molar refractivity (Wildman–Crippen MR) is 70.3 cm³/mol. The lowest BCUT2D eigenvalue weighted by atomic mass is 9.91. The third-order valence-electron chi connectivity index (χ3n) is 3.40. The van der Waals surface area contributed by atoms with Gasteiger partial charge in [0.15, 0.2) is 0 Å². The minimum Gasteiger partial charge on any atom is -0.357 e. The van der Waals surface area contributed by atoms with E-state index in [1.807, 2.05) is 24.0 Å². The molecule has 0 saturated carbocycles. The molecule has 2 heterocycles. The molecule has 4 nitrogen and oxygen atoms in total. The summed E-state index contributed by atoms with van der Waals surface area (Å²) in [5, 5.41) is 0. The number of nitrogens with zero attached hydrogens (tertiary/aromatic N) is 1. The van der Waals surface area contributed by atoms with Crippen LogP contribution in [-0.4, -0.2) is 34.9 Å². The van der Waals surface area contributed by atoms with Crippen LogP contribution in [0.2, 0.25) is 0 Å². The highest BCUT2D eigenvalue weighted by molar-refractivity contribution is 5.92. The van der Waals surface area contributed by atoms with Gasteiger partial charge in [-0.3, -0.25) is 4.79 Å². The zero-order valence-electron chi connectivity index (χ0n) is 10.1. The van der Waals surface area contributed by atoms with Crippen molar-refractivity contribution < 1.29 is 4.79 Å². The maximum Gasteiger partial charge on any atom is 0.270 e. The Hall–Kier alpha value is -1.00. The molecule has 0 aliphatic carbocycles. The molecule has 0 aromatic carbocycles. The van der Waals surface area contributed by atoms with E-state index in [0.29, 0.717) is 11.6 Å². The fourth-order valence-corrected chi connectivity index (χ4v) is 2.26. The molecule has 2 rings (SSSR count). The molecule has 1 fully saturated rings. The molecule has 1 aromatic heterocycles. The molecule has 1 aliphatic heterocycles. The second kappa shape index (κ2) is 6.07. The third-order valence-corrected chi connectivity index (χ3v) is 3.40. The predicted octanol–water partition coefficient (Wildman–Crippen LogP) is 1.64. The quantitative estimate of drug-likeness (QED) is 0.846. The number of halogens is 1. The van der Waals surface area contributed by atoms with Gasteiger partial charge >= 0.3 is 0 Å². The smallest absolute Gasteiger partial charge is 0.270 e. The molecular weight excluding hydrogens is 238 g/mol. The van der Waals surface area contributed by atoms with Gasteiger partial charge in [0.1, 0.15) is 5.69 Å². The first-order chi connectivity index (χ1) is 7.68. The van der Waals surface area contributed by atoms with Crippen LogP contribution in [0.5, 0.6) is 0 Å². The highest BCUT2D eigenvalue weighted by Crippen LogP contribution is 2.20. The van der Waals surface area contributed by atoms with Gasteiger partial charge in [-0.15, -0.1) is 12.4 Å². The van der Waals surface area contributed by atoms with Crippen LogP contribution >= 0.6 is 12.4 Å². The SMILES string of the molecule is CC(N)C1CCN(C(=O)c2ccc[nH]2)CC1.Cl. The van der Waals surface area contributed by atoms with Gasteiger partial charge in [-0.2, -0.15) is 0 Å². The van der Waals surface area contributed by atoms with Gasteiger partial charge in [0.25, 0.3) is 5.91 Å². The third kappa shape index (κ3) is 3.23. The van der Waals surface area contributed by atoms with Crippen molar-refractivity contribution in [2.75, 3.05) is 13.1 Å². The van der Waals surface area contributed by atoms with E-state index in [-0.39, 0.29) is 24.4 Å². The van der Waals surface area contributed by atoms with Crippen molar-refractivity contribution in [3.05, 3.63) is 24.0 Å². The number of amides is 1. The van der Waals surface area contributed by atoms with E-state index >= 15 is 0 Å². The van der Waals surface area contributed by atoms with Gasteiger partial charge in [0.2, 0.25) is 0 Å². The number of nitrogens with one attached hydrogen (secondary N) is 1. The molecule has 96 valence electrons. The van der Waals surface area contributed by atoms with Crippen LogP contribution < -0.4 is 5.73 Å². The molecule has 1 aromatic rings. The summed E-state index contributed by atoms with van der Waals surface area (Å²) in [4.78, 5) is 16.9. The molecule has 3 N–H and O–H groups in total. The Bertz CT molecular complexity index is 343. The van der Waals surface area contributed by atoms with E-state index in [9.17, 15) is 4.79 Å². The number of carbonyl (C=O) groups is 1. The van der Waals surface area contributed by atoms with E-state index in [1.165, 1.54) is 0 Å². The molecule has 0 bridgehead atoms. The molecule has 0 spiro atoms. The lowest BCUT2D eigenvalue weighted by Crippen LogP contribution is -2.42. The lowest BCUT2D eigenvalue weighted by Gasteiger charge is -2.33. The standard InChI is InChI=1S/C12H19N3O.ClH/c1-9(13)10-4-7-15(8-5-10)12(16)11-3-2-6-14-11;/h2-3,6,9-10,14H,4-5,7-8,13H2,1H3;1H. The normalized spacial score (nSPS) is 18.6. The summed E-state index contributed by atoms with van der Waals surface area (Å²) in [6.45, 7) is 3.70. The maximum absolute atomic E-state index is 12.0. The number of likely N-dealkylation sites (tertiary alicyclic amines) is 1. The summed E-state index contributed by atoms with van der Waals surface area (Å²) in [6.07, 6.45) is 3.82. The highest BCUT2D eigenvalue weighted by atomic mass is 35.5. The van der Waals surface area contributed by atoms with Crippen molar-refractivity contribution in [1.82, 2.24) is 9.88 Å². The number of H-pyrrole nitrogens is 1. The van der Waals surface area contributed by atoms with Gasteiger partial charge in [-0.1, -0.05) is 0 Å². The van der Waals surface area contributed by atoms with Crippen LogP contribution in [0.15, 0.2) is 18.3 Å². The van der Waals surface area contributed by atoms with Crippen molar-refractivity contribution in [3.63, 3.8) is 0 Å². The molecule has 1 saturated heterocycles. The Kier molecular flexibility index (Phi) is 5.02. The van der Waals surface area contributed by atoms with Crippen molar-refractivity contribution in [2.45, 2.75) is 25.8 Å². The molecule has 1 aliphatic rings. The Morgan fingerprint density at radius 1 is 1.53 bits per heavy atom. The summed E-state index contributed by atoms with van der Waals surface area (Å²) in [5.74, 6) is 0.667. The Morgan fingerprint density at radius 3 is 2.65 bits per heavy atom. The highest BCUT2D eigenvalue weighted by Gasteiger charge is 2.25. The number of rotatable bonds is 2. The Morgan fingerprint density at radius 2 is 2.18 bits per heavy atom.